The molecule has 1 heterocycles. The zero-order valence-corrected chi connectivity index (χ0v) is 19.6. The molecule has 26 heavy (non-hydrogen) atoms. The van der Waals surface area contributed by atoms with E-state index in [4.69, 9.17) is 4.74 Å². The van der Waals surface area contributed by atoms with Gasteiger partial charge in [0.05, 0.1) is 17.3 Å². The number of ether oxygens (including phenoxy) is 1. The number of nitrogens with one attached hydrogen (secondary N) is 2. The van der Waals surface area contributed by atoms with Gasteiger partial charge in [0.25, 0.3) is 0 Å². The van der Waals surface area contributed by atoms with Crippen LogP contribution in [0.5, 0.6) is 5.75 Å². The molecule has 2 rings (SSSR count). The van der Waals surface area contributed by atoms with Gasteiger partial charge < -0.3 is 15.4 Å². The first-order valence-corrected chi connectivity index (χ1v) is 9.10. The van der Waals surface area contributed by atoms with Gasteiger partial charge in [-0.2, -0.15) is 5.10 Å². The van der Waals surface area contributed by atoms with Crippen molar-refractivity contribution in [3.8, 4) is 5.75 Å². The van der Waals surface area contributed by atoms with Crippen molar-refractivity contribution in [3.63, 3.8) is 0 Å². The maximum absolute atomic E-state index is 5.25. The maximum Gasteiger partial charge on any atom is 0.191 e. The maximum atomic E-state index is 5.25. The van der Waals surface area contributed by atoms with Crippen molar-refractivity contribution in [2.45, 2.75) is 33.4 Å². The minimum atomic E-state index is 0. The number of methoxy groups -OCH3 is 1. The average molecular weight is 536 g/mol. The van der Waals surface area contributed by atoms with E-state index in [9.17, 15) is 0 Å². The predicted molar refractivity (Wildman–Crippen MR) is 121 cm³/mol. The van der Waals surface area contributed by atoms with E-state index >= 15 is 0 Å². The number of nitrogens with zero attached hydrogens (tertiary/aromatic N) is 3. The van der Waals surface area contributed by atoms with E-state index in [1.165, 1.54) is 5.69 Å². The highest BCUT2D eigenvalue weighted by Crippen LogP contribution is 2.25. The molecule has 8 heteroatoms. The van der Waals surface area contributed by atoms with Crippen LogP contribution in [0.3, 0.4) is 0 Å². The van der Waals surface area contributed by atoms with Crippen LogP contribution in [-0.2, 0) is 13.1 Å². The summed E-state index contributed by atoms with van der Waals surface area (Å²) in [5, 5.41) is 11.1. The number of hydrogen-bond donors (Lipinski definition) is 2. The molecule has 0 bridgehead atoms. The van der Waals surface area contributed by atoms with Gasteiger partial charge in [0.1, 0.15) is 5.75 Å². The normalized spacial score (nSPS) is 11.0. The lowest BCUT2D eigenvalue weighted by Crippen LogP contribution is -2.37. The Morgan fingerprint density at radius 3 is 2.62 bits per heavy atom. The Morgan fingerprint density at radius 1 is 1.27 bits per heavy atom. The molecule has 0 aliphatic heterocycles. The Bertz CT molecular complexity index is 732. The molecule has 0 fully saturated rings. The first-order valence-electron chi connectivity index (χ1n) is 8.31. The van der Waals surface area contributed by atoms with Gasteiger partial charge in [0.2, 0.25) is 0 Å². The average Bonchev–Trinajstić information content (AvgIpc) is 2.91. The predicted octanol–water partition coefficient (Wildman–Crippen LogP) is 3.64. The van der Waals surface area contributed by atoms with Gasteiger partial charge in [-0.1, -0.05) is 6.07 Å². The molecule has 0 atom stereocenters. The number of benzene rings is 1. The quantitative estimate of drug-likeness (QED) is 0.246. The monoisotopic (exact) mass is 535 g/mol. The molecule has 0 aliphatic rings. The Labute approximate surface area is 181 Å². The van der Waals surface area contributed by atoms with E-state index in [0.717, 1.165) is 46.9 Å². The third kappa shape index (κ3) is 6.79. The summed E-state index contributed by atoms with van der Waals surface area (Å²) < 4.78 is 8.24. The third-order valence-corrected chi connectivity index (χ3v) is 4.46. The van der Waals surface area contributed by atoms with E-state index in [1.807, 2.05) is 29.8 Å². The summed E-state index contributed by atoms with van der Waals surface area (Å²) in [5.41, 5.74) is 3.41. The number of rotatable bonds is 7. The molecule has 0 saturated heterocycles. The Hall–Kier alpha value is -1.29. The zero-order valence-electron chi connectivity index (χ0n) is 15.7. The van der Waals surface area contributed by atoms with Crippen LogP contribution in [0.15, 0.2) is 33.7 Å². The van der Waals surface area contributed by atoms with Crippen LogP contribution >= 0.6 is 39.9 Å². The molecule has 0 radical (unpaired) electrons. The number of aliphatic imine (C=N–C) groups is 1. The van der Waals surface area contributed by atoms with E-state index in [0.29, 0.717) is 6.54 Å². The fourth-order valence-corrected chi connectivity index (χ4v) is 3.15. The minimum Gasteiger partial charge on any atom is -0.496 e. The van der Waals surface area contributed by atoms with Gasteiger partial charge in [-0.15, -0.1) is 24.0 Å². The lowest BCUT2D eigenvalue weighted by atomic mass is 10.2. The van der Waals surface area contributed by atoms with Crippen molar-refractivity contribution in [3.05, 3.63) is 45.7 Å². The number of hydrogen-bond acceptors (Lipinski definition) is 3. The first-order chi connectivity index (χ1) is 12.0. The van der Waals surface area contributed by atoms with Crippen molar-refractivity contribution in [1.82, 2.24) is 20.4 Å². The van der Waals surface area contributed by atoms with E-state index in [1.54, 1.807) is 14.2 Å². The summed E-state index contributed by atoms with van der Waals surface area (Å²) >= 11 is 3.51. The third-order valence-electron chi connectivity index (χ3n) is 3.84. The number of aromatic nitrogens is 2. The van der Waals surface area contributed by atoms with Crippen LogP contribution < -0.4 is 15.4 Å². The summed E-state index contributed by atoms with van der Waals surface area (Å²) in [4.78, 5) is 4.26. The van der Waals surface area contributed by atoms with Crippen molar-refractivity contribution in [2.75, 3.05) is 20.7 Å². The minimum absolute atomic E-state index is 0. The van der Waals surface area contributed by atoms with E-state index < -0.39 is 0 Å². The van der Waals surface area contributed by atoms with Gasteiger partial charge >= 0.3 is 0 Å². The van der Waals surface area contributed by atoms with Gasteiger partial charge in [-0.05, 0) is 60.0 Å². The van der Waals surface area contributed by atoms with Crippen LogP contribution in [0.2, 0.25) is 0 Å². The molecular formula is C18H27BrIN5O. The molecule has 2 aromatic rings. The fraction of sp³-hybridized carbons (Fsp3) is 0.444. The Balaban J connectivity index is 0.00000338. The smallest absolute Gasteiger partial charge is 0.191 e. The van der Waals surface area contributed by atoms with Gasteiger partial charge in [0, 0.05) is 32.4 Å². The van der Waals surface area contributed by atoms with E-state index in [-0.39, 0.29) is 24.0 Å². The molecule has 6 nitrogen and oxygen atoms in total. The number of aryl methyl sites for hydroxylation is 3. The van der Waals surface area contributed by atoms with Crippen LogP contribution in [-0.4, -0.2) is 36.4 Å². The van der Waals surface area contributed by atoms with Crippen molar-refractivity contribution >= 4 is 45.9 Å². The lowest BCUT2D eigenvalue weighted by Gasteiger charge is -2.13. The van der Waals surface area contributed by atoms with Crippen LogP contribution in [0, 0.1) is 13.8 Å². The molecule has 0 aliphatic carbocycles. The first kappa shape index (κ1) is 22.8. The Kier molecular flexibility index (Phi) is 10.0. The van der Waals surface area contributed by atoms with Crippen LogP contribution in [0.25, 0.3) is 0 Å². The number of halogens is 2. The summed E-state index contributed by atoms with van der Waals surface area (Å²) in [6.07, 6.45) is 0.983. The van der Waals surface area contributed by atoms with Crippen molar-refractivity contribution < 1.29 is 4.74 Å². The molecular weight excluding hydrogens is 509 g/mol. The van der Waals surface area contributed by atoms with Gasteiger partial charge in [-0.3, -0.25) is 9.67 Å². The van der Waals surface area contributed by atoms with Crippen LogP contribution in [0.4, 0.5) is 0 Å². The van der Waals surface area contributed by atoms with Gasteiger partial charge in [-0.25, -0.2) is 0 Å². The summed E-state index contributed by atoms with van der Waals surface area (Å²) in [7, 11) is 3.44. The summed E-state index contributed by atoms with van der Waals surface area (Å²) in [6, 6.07) is 8.13. The second kappa shape index (κ2) is 11.4. The number of guanidine groups is 1. The highest BCUT2D eigenvalue weighted by Gasteiger charge is 2.04. The molecule has 1 aromatic heterocycles. The molecule has 144 valence electrons. The van der Waals surface area contributed by atoms with Crippen molar-refractivity contribution in [2.24, 2.45) is 4.99 Å². The zero-order chi connectivity index (χ0) is 18.2. The molecule has 0 saturated carbocycles. The largest absolute Gasteiger partial charge is 0.496 e. The Morgan fingerprint density at radius 2 is 2.04 bits per heavy atom. The molecule has 0 amide bonds. The summed E-state index contributed by atoms with van der Waals surface area (Å²) in [6.45, 7) is 6.53. The highest BCUT2D eigenvalue weighted by atomic mass is 127. The second-order valence-corrected chi connectivity index (χ2v) is 6.68. The second-order valence-electron chi connectivity index (χ2n) is 5.83. The molecule has 2 N–H and O–H groups in total. The summed E-state index contributed by atoms with van der Waals surface area (Å²) in [5.74, 6) is 1.62. The van der Waals surface area contributed by atoms with Gasteiger partial charge in [0.15, 0.2) is 5.96 Å². The topological polar surface area (TPSA) is 63.5 Å². The molecule has 0 spiro atoms. The van der Waals surface area contributed by atoms with E-state index in [2.05, 4.69) is 49.6 Å². The highest BCUT2D eigenvalue weighted by molar-refractivity contribution is 14.0. The van der Waals surface area contributed by atoms with Crippen LogP contribution in [0.1, 0.15) is 23.4 Å². The molecule has 0 unspecified atom stereocenters. The standard InChI is InChI=1S/C18H26BrN5O.HI/c1-13-10-14(2)24(23-13)9-5-8-21-18(20-3)22-12-15-6-7-17(25-4)16(19)11-15;/h6-7,10-11H,5,8-9,12H2,1-4H3,(H2,20,21,22);1H. The molecule has 1 aromatic carbocycles. The fourth-order valence-electron chi connectivity index (χ4n) is 2.56. The SMILES string of the molecule is CN=C(NCCCn1nc(C)cc1C)NCc1ccc(OC)c(Br)c1.I. The lowest BCUT2D eigenvalue weighted by molar-refractivity contribution is 0.412. The van der Waals surface area contributed by atoms with Crippen molar-refractivity contribution in [1.29, 1.82) is 0 Å².